The number of aromatic nitrogens is 2. The molecule has 118 valence electrons. The van der Waals surface area contributed by atoms with Crippen LogP contribution in [0.3, 0.4) is 0 Å². The van der Waals surface area contributed by atoms with E-state index in [0.717, 1.165) is 24.8 Å². The molecular formula is C17H16ClN3O2. The maximum Gasteiger partial charge on any atom is 0.289 e. The number of carbonyl (C=O) groups is 1. The predicted octanol–water partition coefficient (Wildman–Crippen LogP) is 3.59. The van der Waals surface area contributed by atoms with Gasteiger partial charge in [0.25, 0.3) is 5.91 Å². The van der Waals surface area contributed by atoms with Gasteiger partial charge in [-0.15, -0.1) is 0 Å². The van der Waals surface area contributed by atoms with Crippen LogP contribution in [0.25, 0.3) is 11.0 Å². The van der Waals surface area contributed by atoms with Crippen LogP contribution < -0.4 is 0 Å². The van der Waals surface area contributed by atoms with Gasteiger partial charge in [-0.05, 0) is 43.2 Å². The second kappa shape index (κ2) is 5.74. The Morgan fingerprint density at radius 2 is 2.30 bits per heavy atom. The molecule has 5 nitrogen and oxygen atoms in total. The lowest BCUT2D eigenvalue weighted by Gasteiger charge is -2.23. The summed E-state index contributed by atoms with van der Waals surface area (Å²) in [5.41, 5.74) is 0.681. The van der Waals surface area contributed by atoms with Crippen LogP contribution in [0.1, 0.15) is 23.4 Å². The molecule has 3 heterocycles. The molecule has 0 radical (unpaired) electrons. The number of carbonyl (C=O) groups excluding carboxylic acids is 1. The van der Waals surface area contributed by atoms with Gasteiger partial charge in [-0.3, -0.25) is 9.48 Å². The van der Waals surface area contributed by atoms with Crippen LogP contribution in [-0.2, 0) is 6.54 Å². The van der Waals surface area contributed by atoms with Crippen molar-refractivity contribution in [2.24, 2.45) is 0 Å². The average molecular weight is 330 g/mol. The van der Waals surface area contributed by atoms with Crippen molar-refractivity contribution in [2.45, 2.75) is 25.4 Å². The normalized spacial score (nSPS) is 18.0. The van der Waals surface area contributed by atoms with Crippen molar-refractivity contribution < 1.29 is 9.21 Å². The third-order valence-corrected chi connectivity index (χ3v) is 4.52. The molecule has 1 amide bonds. The minimum Gasteiger partial charge on any atom is -0.451 e. The fourth-order valence-corrected chi connectivity index (χ4v) is 3.36. The van der Waals surface area contributed by atoms with Gasteiger partial charge >= 0.3 is 0 Å². The Morgan fingerprint density at radius 3 is 3.13 bits per heavy atom. The topological polar surface area (TPSA) is 51.3 Å². The van der Waals surface area contributed by atoms with Crippen LogP contribution >= 0.6 is 11.6 Å². The van der Waals surface area contributed by atoms with Gasteiger partial charge < -0.3 is 9.32 Å². The van der Waals surface area contributed by atoms with Crippen molar-refractivity contribution in [1.82, 2.24) is 14.7 Å². The maximum atomic E-state index is 12.8. The zero-order valence-corrected chi connectivity index (χ0v) is 13.2. The molecule has 2 aromatic heterocycles. The van der Waals surface area contributed by atoms with E-state index in [-0.39, 0.29) is 11.9 Å². The van der Waals surface area contributed by atoms with E-state index in [4.69, 9.17) is 16.0 Å². The molecule has 3 aromatic rings. The zero-order chi connectivity index (χ0) is 15.8. The Morgan fingerprint density at radius 1 is 1.39 bits per heavy atom. The number of likely N-dealkylation sites (tertiary alicyclic amines) is 1. The number of nitrogens with zero attached hydrogens (tertiary/aromatic N) is 3. The van der Waals surface area contributed by atoms with E-state index in [1.165, 1.54) is 0 Å². The molecule has 0 aliphatic carbocycles. The van der Waals surface area contributed by atoms with Crippen LogP contribution in [0, 0.1) is 0 Å². The molecule has 6 heteroatoms. The SMILES string of the molecule is O=C(c1cc2cc(Cl)ccc2o1)N1CCC[C@H]1Cn1cccn1. The van der Waals surface area contributed by atoms with E-state index in [0.29, 0.717) is 22.9 Å². The van der Waals surface area contributed by atoms with Crippen molar-refractivity contribution in [1.29, 1.82) is 0 Å². The quantitative estimate of drug-likeness (QED) is 0.738. The van der Waals surface area contributed by atoms with Gasteiger partial charge in [-0.2, -0.15) is 5.10 Å². The highest BCUT2D eigenvalue weighted by Crippen LogP contribution is 2.26. The Balaban J connectivity index is 1.58. The van der Waals surface area contributed by atoms with Crippen molar-refractivity contribution >= 4 is 28.5 Å². The summed E-state index contributed by atoms with van der Waals surface area (Å²) in [6.07, 6.45) is 5.66. The second-order valence-electron chi connectivity index (χ2n) is 5.82. The lowest BCUT2D eigenvalue weighted by molar-refractivity contribution is 0.0691. The molecule has 1 saturated heterocycles. The zero-order valence-electron chi connectivity index (χ0n) is 12.5. The fourth-order valence-electron chi connectivity index (χ4n) is 3.18. The first-order chi connectivity index (χ1) is 11.2. The molecule has 1 aromatic carbocycles. The summed E-state index contributed by atoms with van der Waals surface area (Å²) in [5.74, 6) is 0.307. The summed E-state index contributed by atoms with van der Waals surface area (Å²) in [6.45, 7) is 1.47. The Bertz CT molecular complexity index is 841. The van der Waals surface area contributed by atoms with Gasteiger partial charge in [0.15, 0.2) is 5.76 Å². The van der Waals surface area contributed by atoms with Gasteiger partial charge in [0.2, 0.25) is 0 Å². The first-order valence-electron chi connectivity index (χ1n) is 7.68. The summed E-state index contributed by atoms with van der Waals surface area (Å²) < 4.78 is 7.58. The molecule has 4 rings (SSSR count). The van der Waals surface area contributed by atoms with Crippen LogP contribution in [0.2, 0.25) is 5.02 Å². The second-order valence-corrected chi connectivity index (χ2v) is 6.25. The fraction of sp³-hybridized carbons (Fsp3) is 0.294. The Labute approximate surface area is 138 Å². The molecule has 0 saturated carbocycles. The molecule has 0 bridgehead atoms. The molecule has 1 fully saturated rings. The summed E-state index contributed by atoms with van der Waals surface area (Å²) in [6, 6.07) is 9.18. The van der Waals surface area contributed by atoms with Gasteiger partial charge in [-0.25, -0.2) is 0 Å². The van der Waals surface area contributed by atoms with Crippen molar-refractivity contribution in [3.63, 3.8) is 0 Å². The maximum absolute atomic E-state index is 12.8. The minimum absolute atomic E-state index is 0.0630. The monoisotopic (exact) mass is 329 g/mol. The molecule has 0 unspecified atom stereocenters. The number of rotatable bonds is 3. The summed E-state index contributed by atoms with van der Waals surface area (Å²) >= 11 is 5.99. The summed E-state index contributed by atoms with van der Waals surface area (Å²) in [4.78, 5) is 14.7. The number of halogens is 1. The van der Waals surface area contributed by atoms with Gasteiger partial charge in [0, 0.05) is 29.3 Å². The number of fused-ring (bicyclic) bond motifs is 1. The van der Waals surface area contributed by atoms with Crippen molar-refractivity contribution in [3.05, 3.63) is 53.5 Å². The lowest BCUT2D eigenvalue weighted by atomic mass is 10.2. The van der Waals surface area contributed by atoms with E-state index >= 15 is 0 Å². The molecule has 1 aliphatic rings. The minimum atomic E-state index is -0.0630. The predicted molar refractivity (Wildman–Crippen MR) is 87.5 cm³/mol. The lowest BCUT2D eigenvalue weighted by Crippen LogP contribution is -2.38. The van der Waals surface area contributed by atoms with Crippen molar-refractivity contribution in [2.75, 3.05) is 6.54 Å². The van der Waals surface area contributed by atoms with Gasteiger partial charge in [0.1, 0.15) is 5.58 Å². The van der Waals surface area contributed by atoms with E-state index in [1.807, 2.05) is 27.9 Å². The molecule has 0 N–H and O–H groups in total. The Kier molecular flexibility index (Phi) is 3.58. The first-order valence-corrected chi connectivity index (χ1v) is 8.06. The number of benzene rings is 1. The molecule has 1 atom stereocenters. The average Bonchev–Trinajstić information content (AvgIpc) is 3.26. The smallest absolute Gasteiger partial charge is 0.289 e. The van der Waals surface area contributed by atoms with Crippen LogP contribution in [-0.4, -0.2) is 33.2 Å². The highest BCUT2D eigenvalue weighted by Gasteiger charge is 2.31. The number of amides is 1. The third kappa shape index (κ3) is 2.72. The number of hydrogen-bond donors (Lipinski definition) is 0. The largest absolute Gasteiger partial charge is 0.451 e. The summed E-state index contributed by atoms with van der Waals surface area (Å²) in [7, 11) is 0. The molecule has 0 spiro atoms. The van der Waals surface area contributed by atoms with E-state index < -0.39 is 0 Å². The highest BCUT2D eigenvalue weighted by molar-refractivity contribution is 6.31. The van der Waals surface area contributed by atoms with Gasteiger partial charge in [-0.1, -0.05) is 11.6 Å². The van der Waals surface area contributed by atoms with E-state index in [2.05, 4.69) is 5.10 Å². The number of furan rings is 1. The first kappa shape index (κ1) is 14.3. The molecule has 1 aliphatic heterocycles. The van der Waals surface area contributed by atoms with E-state index in [1.54, 1.807) is 24.4 Å². The van der Waals surface area contributed by atoms with Crippen molar-refractivity contribution in [3.8, 4) is 0 Å². The third-order valence-electron chi connectivity index (χ3n) is 4.28. The van der Waals surface area contributed by atoms with Crippen LogP contribution in [0.5, 0.6) is 0 Å². The molecular weight excluding hydrogens is 314 g/mol. The number of hydrogen-bond acceptors (Lipinski definition) is 3. The van der Waals surface area contributed by atoms with Crippen LogP contribution in [0.4, 0.5) is 0 Å². The van der Waals surface area contributed by atoms with E-state index in [9.17, 15) is 4.79 Å². The Hall–Kier alpha value is -2.27. The van der Waals surface area contributed by atoms with Gasteiger partial charge in [0.05, 0.1) is 12.6 Å². The summed E-state index contributed by atoms with van der Waals surface area (Å²) in [5, 5.41) is 5.72. The molecule has 23 heavy (non-hydrogen) atoms. The highest BCUT2D eigenvalue weighted by atomic mass is 35.5. The van der Waals surface area contributed by atoms with Crippen LogP contribution in [0.15, 0.2) is 47.1 Å². The standard InChI is InChI=1S/C17H16ClN3O2/c18-13-4-5-15-12(9-13)10-16(23-15)17(22)21-8-1-3-14(21)11-20-7-2-6-19-20/h2,4-7,9-10,14H,1,3,8,11H2/t14-/m0/s1.